The van der Waals surface area contributed by atoms with Crippen molar-refractivity contribution < 1.29 is 14.3 Å². The molecule has 142 valence electrons. The van der Waals surface area contributed by atoms with Crippen LogP contribution in [0.3, 0.4) is 0 Å². The number of anilines is 1. The fraction of sp³-hybridized carbons (Fsp3) is 0.263. The molecule has 1 aliphatic rings. The summed E-state index contributed by atoms with van der Waals surface area (Å²) in [5, 5.41) is 3.71. The molecular formula is C19H18Cl2N2O3S. The van der Waals surface area contributed by atoms with Gasteiger partial charge in [-0.2, -0.15) is 0 Å². The third-order valence-corrected chi connectivity index (χ3v) is 5.95. The minimum Gasteiger partial charge on any atom is -0.497 e. The molecular weight excluding hydrogens is 407 g/mol. The lowest BCUT2D eigenvalue weighted by molar-refractivity contribution is -0.135. The first kappa shape index (κ1) is 19.9. The number of carbonyl (C=O) groups excluding carboxylic acids is 2. The quantitative estimate of drug-likeness (QED) is 0.784. The van der Waals surface area contributed by atoms with Crippen molar-refractivity contribution in [3.05, 3.63) is 58.1 Å². The van der Waals surface area contributed by atoms with Crippen LogP contribution < -0.4 is 10.1 Å². The Bertz CT molecular complexity index is 845. The highest BCUT2D eigenvalue weighted by Gasteiger charge is 2.34. The Hall–Kier alpha value is -1.89. The van der Waals surface area contributed by atoms with Gasteiger partial charge in [0.15, 0.2) is 0 Å². The molecule has 8 heteroatoms. The number of nitrogens with zero attached hydrogens (tertiary/aromatic N) is 1. The molecule has 0 bridgehead atoms. The Morgan fingerprint density at radius 1 is 1.19 bits per heavy atom. The third-order valence-electron chi connectivity index (χ3n) is 4.20. The lowest BCUT2D eigenvalue weighted by Crippen LogP contribution is -2.45. The Kier molecular flexibility index (Phi) is 6.52. The molecule has 1 N–H and O–H groups in total. The van der Waals surface area contributed by atoms with Crippen molar-refractivity contribution in [1.82, 2.24) is 4.90 Å². The number of halogens is 2. The number of rotatable bonds is 5. The van der Waals surface area contributed by atoms with Gasteiger partial charge in [0.05, 0.1) is 29.5 Å². The van der Waals surface area contributed by atoms with Crippen LogP contribution in [0.25, 0.3) is 0 Å². The van der Waals surface area contributed by atoms with Gasteiger partial charge in [0, 0.05) is 11.4 Å². The lowest BCUT2D eigenvalue weighted by atomic mass is 10.1. The van der Waals surface area contributed by atoms with E-state index in [4.69, 9.17) is 27.9 Å². The molecule has 0 aliphatic carbocycles. The van der Waals surface area contributed by atoms with E-state index in [1.54, 1.807) is 66.2 Å². The summed E-state index contributed by atoms with van der Waals surface area (Å²) < 4.78 is 5.11. The number of methoxy groups -OCH3 is 1. The Morgan fingerprint density at radius 3 is 2.59 bits per heavy atom. The van der Waals surface area contributed by atoms with Crippen LogP contribution in [-0.4, -0.2) is 41.5 Å². The van der Waals surface area contributed by atoms with Crippen molar-refractivity contribution in [2.24, 2.45) is 0 Å². The Balaban J connectivity index is 1.65. The van der Waals surface area contributed by atoms with E-state index < -0.39 is 6.04 Å². The molecule has 1 atom stereocenters. The highest BCUT2D eigenvalue weighted by Crippen LogP contribution is 2.26. The molecule has 1 heterocycles. The van der Waals surface area contributed by atoms with Crippen molar-refractivity contribution in [1.29, 1.82) is 0 Å². The molecule has 1 unspecified atom stereocenters. The number of hydrogen-bond donors (Lipinski definition) is 1. The zero-order chi connectivity index (χ0) is 19.4. The summed E-state index contributed by atoms with van der Waals surface area (Å²) in [4.78, 5) is 27.0. The van der Waals surface area contributed by atoms with Crippen LogP contribution in [0, 0.1) is 0 Å². The number of ether oxygens (including phenoxy) is 1. The van der Waals surface area contributed by atoms with E-state index in [2.05, 4.69) is 5.32 Å². The molecule has 27 heavy (non-hydrogen) atoms. The predicted octanol–water partition coefficient (Wildman–Crippen LogP) is 4.08. The van der Waals surface area contributed by atoms with E-state index in [0.717, 1.165) is 5.56 Å². The minimum atomic E-state index is -0.507. The molecule has 3 rings (SSSR count). The molecule has 2 amide bonds. The van der Waals surface area contributed by atoms with Crippen molar-refractivity contribution in [2.75, 3.05) is 24.1 Å². The second-order valence-corrected chi connectivity index (χ2v) is 7.84. The summed E-state index contributed by atoms with van der Waals surface area (Å²) in [6, 6.07) is 11.7. The van der Waals surface area contributed by atoms with Gasteiger partial charge in [0.25, 0.3) is 0 Å². The first-order valence-corrected chi connectivity index (χ1v) is 10.1. The number of amides is 2. The highest BCUT2D eigenvalue weighted by atomic mass is 35.5. The van der Waals surface area contributed by atoms with Crippen LogP contribution in [0.1, 0.15) is 5.56 Å². The summed E-state index contributed by atoms with van der Waals surface area (Å²) in [5.41, 5.74) is 1.43. The van der Waals surface area contributed by atoms with Crippen molar-refractivity contribution in [3.63, 3.8) is 0 Å². The average molecular weight is 425 g/mol. The molecule has 2 aromatic rings. The summed E-state index contributed by atoms with van der Waals surface area (Å²) in [5.74, 6) is 1.44. The number of nitrogens with one attached hydrogen (secondary N) is 1. The first-order valence-electron chi connectivity index (χ1n) is 8.24. The van der Waals surface area contributed by atoms with E-state index in [1.165, 1.54) is 0 Å². The Morgan fingerprint density at radius 2 is 1.93 bits per heavy atom. The van der Waals surface area contributed by atoms with Crippen molar-refractivity contribution in [3.8, 4) is 5.75 Å². The van der Waals surface area contributed by atoms with Crippen LogP contribution in [0.2, 0.25) is 10.0 Å². The Labute approximate surface area is 172 Å². The van der Waals surface area contributed by atoms with Crippen LogP contribution in [0.15, 0.2) is 42.5 Å². The SMILES string of the molecule is COc1ccc(NC(=O)C2CSCN2C(=O)Cc2ccc(Cl)c(Cl)c2)cc1. The summed E-state index contributed by atoms with van der Waals surface area (Å²) in [6.45, 7) is 0. The molecule has 1 saturated heterocycles. The number of hydrogen-bond acceptors (Lipinski definition) is 4. The number of carbonyl (C=O) groups is 2. The van der Waals surface area contributed by atoms with E-state index >= 15 is 0 Å². The largest absolute Gasteiger partial charge is 0.497 e. The van der Waals surface area contributed by atoms with E-state index in [-0.39, 0.29) is 18.2 Å². The van der Waals surface area contributed by atoms with Crippen LogP contribution in [0.5, 0.6) is 5.75 Å². The molecule has 1 aliphatic heterocycles. The van der Waals surface area contributed by atoms with Gasteiger partial charge in [-0.1, -0.05) is 29.3 Å². The van der Waals surface area contributed by atoms with Gasteiger partial charge in [-0.25, -0.2) is 0 Å². The van der Waals surface area contributed by atoms with E-state index in [9.17, 15) is 9.59 Å². The lowest BCUT2D eigenvalue weighted by Gasteiger charge is -2.23. The molecule has 0 saturated carbocycles. The predicted molar refractivity (Wildman–Crippen MR) is 110 cm³/mol. The summed E-state index contributed by atoms with van der Waals surface area (Å²) in [6.07, 6.45) is 0.170. The molecule has 1 fully saturated rings. The minimum absolute atomic E-state index is 0.117. The molecule has 0 spiro atoms. The summed E-state index contributed by atoms with van der Waals surface area (Å²) in [7, 11) is 1.58. The number of benzene rings is 2. The van der Waals surface area contributed by atoms with Crippen molar-refractivity contribution in [2.45, 2.75) is 12.5 Å². The van der Waals surface area contributed by atoms with E-state index in [0.29, 0.717) is 33.1 Å². The third kappa shape index (κ3) is 4.89. The molecule has 5 nitrogen and oxygen atoms in total. The van der Waals surface area contributed by atoms with Crippen molar-refractivity contribution >= 4 is 52.5 Å². The average Bonchev–Trinajstić information content (AvgIpc) is 3.15. The fourth-order valence-electron chi connectivity index (χ4n) is 2.73. The first-order chi connectivity index (χ1) is 13.0. The molecule has 0 aromatic heterocycles. The zero-order valence-electron chi connectivity index (χ0n) is 14.6. The monoisotopic (exact) mass is 424 g/mol. The topological polar surface area (TPSA) is 58.6 Å². The van der Waals surface area contributed by atoms with Crippen LogP contribution in [0.4, 0.5) is 5.69 Å². The van der Waals surface area contributed by atoms with Gasteiger partial charge in [-0.05, 0) is 42.0 Å². The van der Waals surface area contributed by atoms with Gasteiger partial charge in [0.1, 0.15) is 11.8 Å². The van der Waals surface area contributed by atoms with Crippen LogP contribution >= 0.6 is 35.0 Å². The van der Waals surface area contributed by atoms with Gasteiger partial charge >= 0.3 is 0 Å². The molecule has 0 radical (unpaired) electrons. The zero-order valence-corrected chi connectivity index (χ0v) is 16.9. The maximum atomic E-state index is 12.7. The molecule has 2 aromatic carbocycles. The van der Waals surface area contributed by atoms with Gasteiger partial charge in [-0.3, -0.25) is 9.59 Å². The maximum absolute atomic E-state index is 12.7. The second kappa shape index (κ2) is 8.87. The fourth-order valence-corrected chi connectivity index (χ4v) is 4.23. The smallest absolute Gasteiger partial charge is 0.248 e. The van der Waals surface area contributed by atoms with Gasteiger partial charge < -0.3 is 15.0 Å². The van der Waals surface area contributed by atoms with E-state index in [1.807, 2.05) is 0 Å². The highest BCUT2D eigenvalue weighted by molar-refractivity contribution is 7.99. The summed E-state index contributed by atoms with van der Waals surface area (Å²) >= 11 is 13.5. The van der Waals surface area contributed by atoms with Gasteiger partial charge in [0.2, 0.25) is 11.8 Å². The maximum Gasteiger partial charge on any atom is 0.248 e. The normalized spacial score (nSPS) is 16.3. The van der Waals surface area contributed by atoms with Gasteiger partial charge in [-0.15, -0.1) is 11.8 Å². The standard InChI is InChI=1S/C19H18Cl2N2O3S/c1-26-14-5-3-13(4-6-14)22-19(25)17-10-27-11-23(17)18(24)9-12-2-7-15(20)16(21)8-12/h2-8,17H,9-11H2,1H3,(H,22,25). The van der Waals surface area contributed by atoms with Crippen LogP contribution in [-0.2, 0) is 16.0 Å². The number of thioether (sulfide) groups is 1. The second-order valence-electron chi connectivity index (χ2n) is 6.02.